The third kappa shape index (κ3) is 4.34. The number of fused-ring (bicyclic) bond motifs is 2. The standard InChI is InChI=1S/C18H23FN4.C2HF3O2/c1-2-22-10-11-23-16(14-4-3-5-15(19)12-14)13-21-17(23)18(22)6-8-20-9-7-18;3-2(4,5)1(6)7/h3-5,12-13,20H,2,6-11H2,1H3;(H,6,7). The molecule has 30 heavy (non-hydrogen) atoms. The van der Waals surface area contributed by atoms with E-state index in [1.807, 2.05) is 12.3 Å². The van der Waals surface area contributed by atoms with Crippen LogP contribution < -0.4 is 5.32 Å². The maximum absolute atomic E-state index is 13.6. The van der Waals surface area contributed by atoms with Gasteiger partial charge in [0.05, 0.1) is 17.4 Å². The van der Waals surface area contributed by atoms with Gasteiger partial charge in [0.25, 0.3) is 0 Å². The summed E-state index contributed by atoms with van der Waals surface area (Å²) in [6.07, 6.45) is -0.992. The molecular weight excluding hydrogens is 404 g/mol. The molecule has 1 saturated heterocycles. The summed E-state index contributed by atoms with van der Waals surface area (Å²) in [5, 5.41) is 10.6. The Morgan fingerprint density at radius 1 is 1.27 bits per heavy atom. The van der Waals surface area contributed by atoms with Crippen molar-refractivity contribution in [2.75, 3.05) is 26.2 Å². The second-order valence-electron chi connectivity index (χ2n) is 7.29. The lowest BCUT2D eigenvalue weighted by molar-refractivity contribution is -0.192. The number of hydrogen-bond acceptors (Lipinski definition) is 4. The van der Waals surface area contributed by atoms with E-state index in [2.05, 4.69) is 21.7 Å². The summed E-state index contributed by atoms with van der Waals surface area (Å²) in [7, 11) is 0. The molecule has 164 valence electrons. The number of rotatable bonds is 2. The maximum Gasteiger partial charge on any atom is 0.490 e. The minimum atomic E-state index is -5.08. The number of carboxylic acids is 1. The molecule has 2 aliphatic rings. The van der Waals surface area contributed by atoms with Crippen LogP contribution >= 0.6 is 0 Å². The van der Waals surface area contributed by atoms with E-state index in [1.54, 1.807) is 12.1 Å². The summed E-state index contributed by atoms with van der Waals surface area (Å²) in [5.41, 5.74) is 1.98. The van der Waals surface area contributed by atoms with Crippen LogP contribution in [0.1, 0.15) is 25.6 Å². The van der Waals surface area contributed by atoms with Crippen LogP contribution in [0.4, 0.5) is 17.6 Å². The van der Waals surface area contributed by atoms with Crippen LogP contribution in [0.2, 0.25) is 0 Å². The van der Waals surface area contributed by atoms with Crippen molar-refractivity contribution in [3.8, 4) is 11.3 Å². The molecule has 0 radical (unpaired) electrons. The van der Waals surface area contributed by atoms with E-state index in [9.17, 15) is 17.6 Å². The lowest BCUT2D eigenvalue weighted by atomic mass is 9.84. The van der Waals surface area contributed by atoms with Crippen molar-refractivity contribution >= 4 is 5.97 Å². The van der Waals surface area contributed by atoms with Crippen LogP contribution in [-0.2, 0) is 16.9 Å². The predicted octanol–water partition coefficient (Wildman–Crippen LogP) is 3.24. The van der Waals surface area contributed by atoms with Gasteiger partial charge in [-0.15, -0.1) is 0 Å². The lowest BCUT2D eigenvalue weighted by Gasteiger charge is -2.49. The Kier molecular flexibility index (Phi) is 6.47. The van der Waals surface area contributed by atoms with E-state index in [-0.39, 0.29) is 11.4 Å². The molecular formula is C20H24F4N4O2. The fourth-order valence-corrected chi connectivity index (χ4v) is 4.27. The van der Waals surface area contributed by atoms with Crippen molar-refractivity contribution in [2.24, 2.45) is 0 Å². The SMILES string of the molecule is CCN1CCn2c(-c3cccc(F)c3)cnc2C12CCNCC2.O=C(O)C(F)(F)F. The molecule has 1 spiro atoms. The number of imidazole rings is 1. The normalized spacial score (nSPS) is 18.4. The predicted molar refractivity (Wildman–Crippen MR) is 102 cm³/mol. The molecule has 4 rings (SSSR count). The topological polar surface area (TPSA) is 70.4 Å². The number of piperidine rings is 1. The molecule has 1 aromatic carbocycles. The Bertz CT molecular complexity index is 891. The summed E-state index contributed by atoms with van der Waals surface area (Å²) < 4.78 is 47.7. The summed E-state index contributed by atoms with van der Waals surface area (Å²) >= 11 is 0. The lowest BCUT2D eigenvalue weighted by Crippen LogP contribution is -2.57. The van der Waals surface area contributed by atoms with E-state index in [4.69, 9.17) is 14.9 Å². The average molecular weight is 428 g/mol. The fourth-order valence-electron chi connectivity index (χ4n) is 4.27. The van der Waals surface area contributed by atoms with E-state index >= 15 is 0 Å². The molecule has 2 aliphatic heterocycles. The van der Waals surface area contributed by atoms with Crippen molar-refractivity contribution < 1.29 is 27.5 Å². The molecule has 2 aromatic rings. The first-order chi connectivity index (χ1) is 14.2. The highest BCUT2D eigenvalue weighted by atomic mass is 19.4. The fraction of sp³-hybridized carbons (Fsp3) is 0.500. The van der Waals surface area contributed by atoms with Crippen LogP contribution in [-0.4, -0.2) is 57.9 Å². The first-order valence-corrected chi connectivity index (χ1v) is 9.77. The zero-order valence-electron chi connectivity index (χ0n) is 16.5. The maximum atomic E-state index is 13.6. The van der Waals surface area contributed by atoms with Crippen molar-refractivity contribution in [3.63, 3.8) is 0 Å². The highest BCUT2D eigenvalue weighted by Crippen LogP contribution is 2.40. The quantitative estimate of drug-likeness (QED) is 0.719. The number of benzene rings is 1. The molecule has 1 aromatic heterocycles. The van der Waals surface area contributed by atoms with Crippen molar-refractivity contribution in [1.29, 1.82) is 0 Å². The number of nitrogens with one attached hydrogen (secondary N) is 1. The van der Waals surface area contributed by atoms with E-state index in [1.165, 1.54) is 6.07 Å². The van der Waals surface area contributed by atoms with Gasteiger partial charge in [-0.1, -0.05) is 19.1 Å². The Labute approximate surface area is 171 Å². The van der Waals surface area contributed by atoms with E-state index < -0.39 is 12.1 Å². The summed E-state index contributed by atoms with van der Waals surface area (Å²) in [4.78, 5) is 16.3. The molecule has 0 atom stereocenters. The number of nitrogens with zero attached hydrogens (tertiary/aromatic N) is 3. The summed E-state index contributed by atoms with van der Waals surface area (Å²) in [6.45, 7) is 7.28. The monoisotopic (exact) mass is 428 g/mol. The third-order valence-electron chi connectivity index (χ3n) is 5.65. The van der Waals surface area contributed by atoms with Gasteiger partial charge in [-0.2, -0.15) is 13.2 Å². The molecule has 6 nitrogen and oxygen atoms in total. The average Bonchev–Trinajstić information content (AvgIpc) is 3.14. The molecule has 0 unspecified atom stereocenters. The van der Waals surface area contributed by atoms with Gasteiger partial charge in [0.2, 0.25) is 0 Å². The van der Waals surface area contributed by atoms with Crippen LogP contribution in [0.5, 0.6) is 0 Å². The zero-order valence-corrected chi connectivity index (χ0v) is 16.5. The summed E-state index contributed by atoms with van der Waals surface area (Å²) in [5.74, 6) is -1.79. The number of halogens is 4. The van der Waals surface area contributed by atoms with Crippen molar-refractivity contribution in [1.82, 2.24) is 19.8 Å². The number of carboxylic acid groups (broad SMARTS) is 1. The molecule has 0 amide bonds. The first kappa shape index (κ1) is 22.2. The minimum absolute atomic E-state index is 0.0316. The molecule has 2 N–H and O–H groups in total. The van der Waals surface area contributed by atoms with Gasteiger partial charge in [0, 0.05) is 18.7 Å². The van der Waals surface area contributed by atoms with Crippen LogP contribution in [0.25, 0.3) is 11.3 Å². The largest absolute Gasteiger partial charge is 0.490 e. The minimum Gasteiger partial charge on any atom is -0.475 e. The Morgan fingerprint density at radius 2 is 1.93 bits per heavy atom. The van der Waals surface area contributed by atoms with Crippen LogP contribution in [0.3, 0.4) is 0 Å². The highest BCUT2D eigenvalue weighted by molar-refractivity contribution is 5.73. The molecule has 0 aliphatic carbocycles. The second kappa shape index (κ2) is 8.73. The first-order valence-electron chi connectivity index (χ1n) is 9.77. The van der Waals surface area contributed by atoms with Crippen LogP contribution in [0, 0.1) is 5.82 Å². The third-order valence-corrected chi connectivity index (χ3v) is 5.65. The zero-order chi connectivity index (χ0) is 21.9. The van der Waals surface area contributed by atoms with Gasteiger partial charge in [0.1, 0.15) is 11.6 Å². The number of aromatic nitrogens is 2. The van der Waals surface area contributed by atoms with Gasteiger partial charge < -0.3 is 15.0 Å². The van der Waals surface area contributed by atoms with Gasteiger partial charge in [-0.3, -0.25) is 4.90 Å². The van der Waals surface area contributed by atoms with Gasteiger partial charge in [0.15, 0.2) is 0 Å². The highest BCUT2D eigenvalue weighted by Gasteiger charge is 2.45. The summed E-state index contributed by atoms with van der Waals surface area (Å²) in [6, 6.07) is 6.83. The number of carbonyl (C=O) groups is 1. The van der Waals surface area contributed by atoms with Gasteiger partial charge in [-0.25, -0.2) is 14.2 Å². The molecule has 1 fully saturated rings. The van der Waals surface area contributed by atoms with Crippen molar-refractivity contribution in [3.05, 3.63) is 42.1 Å². The van der Waals surface area contributed by atoms with Gasteiger partial charge in [-0.05, 0) is 44.6 Å². The molecule has 3 heterocycles. The van der Waals surface area contributed by atoms with Crippen molar-refractivity contribution in [2.45, 2.75) is 38.0 Å². The Morgan fingerprint density at radius 3 is 2.50 bits per heavy atom. The Hall–Kier alpha value is -2.46. The van der Waals surface area contributed by atoms with Gasteiger partial charge >= 0.3 is 12.1 Å². The molecule has 0 bridgehead atoms. The molecule has 0 saturated carbocycles. The second-order valence-corrected chi connectivity index (χ2v) is 7.29. The number of aliphatic carboxylic acids is 1. The Balaban J connectivity index is 0.000000318. The number of hydrogen-bond donors (Lipinski definition) is 2. The smallest absolute Gasteiger partial charge is 0.475 e. The van der Waals surface area contributed by atoms with Crippen LogP contribution in [0.15, 0.2) is 30.5 Å². The number of alkyl halides is 3. The molecule has 10 heteroatoms. The number of likely N-dealkylation sites (N-methyl/N-ethyl adjacent to an activating group) is 1. The van der Waals surface area contributed by atoms with E-state index in [0.717, 1.165) is 62.6 Å². The van der Waals surface area contributed by atoms with E-state index in [0.29, 0.717) is 0 Å².